The molecule has 5 rings (SSSR count). The van der Waals surface area contributed by atoms with E-state index < -0.39 is 12.0 Å². The predicted octanol–water partition coefficient (Wildman–Crippen LogP) is 6.96. The minimum atomic E-state index is -0.862. The number of nitrogens with zero attached hydrogens (tertiary/aromatic N) is 1. The quantitative estimate of drug-likeness (QED) is 0.249. The van der Waals surface area contributed by atoms with Crippen LogP contribution in [0.2, 0.25) is 5.02 Å². The van der Waals surface area contributed by atoms with Crippen molar-refractivity contribution in [2.45, 2.75) is 6.42 Å². The highest BCUT2D eigenvalue weighted by Crippen LogP contribution is 2.42. The smallest absolute Gasteiger partial charge is 0.426 e. The summed E-state index contributed by atoms with van der Waals surface area (Å²) in [6.45, 7) is 0. The summed E-state index contributed by atoms with van der Waals surface area (Å²) < 4.78 is 5.39. The molecule has 0 spiro atoms. The van der Waals surface area contributed by atoms with E-state index in [0.29, 0.717) is 33.3 Å². The van der Waals surface area contributed by atoms with Crippen LogP contribution in [-0.2, 0) is 11.2 Å². The standard InChI is InChI=1S/C27H18ClNO4S/c28-19-11-12-22-21(15-19)24(26(31)29(22)27(32)33-20-9-5-2-6-10-20)25(30)23-14-18(16-34-23)13-17-7-3-1-4-8-17/h1-12,14-16,30H,13H2/b25-24+. The third-order valence-electron chi connectivity index (χ3n) is 5.39. The minimum Gasteiger partial charge on any atom is -0.506 e. The van der Waals surface area contributed by atoms with Crippen LogP contribution in [0.15, 0.2) is 90.3 Å². The number of aliphatic hydroxyl groups is 1. The summed E-state index contributed by atoms with van der Waals surface area (Å²) in [5.74, 6) is -0.567. The van der Waals surface area contributed by atoms with Gasteiger partial charge in [0.2, 0.25) is 0 Å². The summed E-state index contributed by atoms with van der Waals surface area (Å²) in [5.41, 5.74) is 2.84. The maximum atomic E-state index is 13.4. The Kier molecular flexibility index (Phi) is 5.92. The first kappa shape index (κ1) is 21.9. The van der Waals surface area contributed by atoms with Crippen molar-refractivity contribution in [3.63, 3.8) is 0 Å². The Morgan fingerprint density at radius 3 is 2.38 bits per heavy atom. The molecule has 1 aliphatic heterocycles. The molecule has 0 unspecified atom stereocenters. The zero-order valence-corrected chi connectivity index (χ0v) is 19.3. The molecule has 0 saturated heterocycles. The lowest BCUT2D eigenvalue weighted by molar-refractivity contribution is -0.112. The van der Waals surface area contributed by atoms with Gasteiger partial charge in [0, 0.05) is 10.6 Å². The zero-order chi connectivity index (χ0) is 23.7. The second-order valence-corrected chi connectivity index (χ2v) is 9.04. The SMILES string of the molecule is O=C(Oc1ccccc1)N1C(=O)/C(=C(/O)c2cc(Cc3ccccc3)cs2)c2cc(Cl)ccc21. The number of thiophene rings is 1. The van der Waals surface area contributed by atoms with Crippen LogP contribution in [0.3, 0.4) is 0 Å². The van der Waals surface area contributed by atoms with E-state index in [1.165, 1.54) is 11.3 Å². The first-order valence-corrected chi connectivity index (χ1v) is 11.7. The van der Waals surface area contributed by atoms with E-state index in [4.69, 9.17) is 16.3 Å². The van der Waals surface area contributed by atoms with Gasteiger partial charge in [-0.2, -0.15) is 0 Å². The van der Waals surface area contributed by atoms with Gasteiger partial charge in [-0.25, -0.2) is 9.69 Å². The third-order valence-corrected chi connectivity index (χ3v) is 6.61. The van der Waals surface area contributed by atoms with Crippen molar-refractivity contribution in [2.75, 3.05) is 4.90 Å². The molecule has 0 aliphatic carbocycles. The average Bonchev–Trinajstić information content (AvgIpc) is 3.41. The van der Waals surface area contributed by atoms with Gasteiger partial charge in [-0.1, -0.05) is 60.1 Å². The summed E-state index contributed by atoms with van der Waals surface area (Å²) in [5, 5.41) is 13.5. The summed E-state index contributed by atoms with van der Waals surface area (Å²) in [4.78, 5) is 27.8. The Bertz CT molecular complexity index is 1410. The Labute approximate surface area is 205 Å². The number of carbonyl (C=O) groups excluding carboxylic acids is 2. The summed E-state index contributed by atoms with van der Waals surface area (Å²) >= 11 is 7.52. The number of para-hydroxylation sites is 1. The highest BCUT2D eigenvalue weighted by Gasteiger charge is 2.40. The minimum absolute atomic E-state index is 0.00984. The number of amides is 2. The largest absolute Gasteiger partial charge is 0.506 e. The topological polar surface area (TPSA) is 66.8 Å². The number of hydrogen-bond donors (Lipinski definition) is 1. The van der Waals surface area contributed by atoms with Crippen molar-refractivity contribution >= 4 is 52.0 Å². The summed E-state index contributed by atoms with van der Waals surface area (Å²) in [6, 6.07) is 25.0. The highest BCUT2D eigenvalue weighted by molar-refractivity contribution is 7.11. The van der Waals surface area contributed by atoms with Crippen molar-refractivity contribution in [1.29, 1.82) is 0 Å². The normalized spacial score (nSPS) is 14.1. The van der Waals surface area contributed by atoms with E-state index in [9.17, 15) is 14.7 Å². The number of hydrogen-bond acceptors (Lipinski definition) is 5. The zero-order valence-electron chi connectivity index (χ0n) is 17.8. The number of aliphatic hydroxyl groups excluding tert-OH is 1. The predicted molar refractivity (Wildman–Crippen MR) is 134 cm³/mol. The van der Waals surface area contributed by atoms with Gasteiger partial charge in [0.25, 0.3) is 5.91 Å². The van der Waals surface area contributed by atoms with Crippen LogP contribution in [0.25, 0.3) is 11.3 Å². The van der Waals surface area contributed by atoms with Crippen LogP contribution in [0, 0.1) is 0 Å². The lowest BCUT2D eigenvalue weighted by Crippen LogP contribution is -2.36. The number of fused-ring (bicyclic) bond motifs is 1. The van der Waals surface area contributed by atoms with E-state index in [1.807, 2.05) is 41.8 Å². The van der Waals surface area contributed by atoms with Crippen LogP contribution in [0.5, 0.6) is 5.75 Å². The van der Waals surface area contributed by atoms with Gasteiger partial charge in [0.05, 0.1) is 16.1 Å². The van der Waals surface area contributed by atoms with Crippen LogP contribution >= 0.6 is 22.9 Å². The maximum Gasteiger partial charge on any atom is 0.426 e. The fraction of sp³-hybridized carbons (Fsp3) is 0.0370. The third kappa shape index (κ3) is 4.21. The van der Waals surface area contributed by atoms with Crippen molar-refractivity contribution in [3.05, 3.63) is 117 Å². The molecule has 0 fully saturated rings. The number of halogens is 1. The Balaban J connectivity index is 1.51. The molecular formula is C27H18ClNO4S. The molecule has 34 heavy (non-hydrogen) atoms. The second kappa shape index (κ2) is 9.17. The molecule has 0 bridgehead atoms. The molecule has 0 atom stereocenters. The molecule has 4 aromatic rings. The van der Waals surface area contributed by atoms with E-state index in [0.717, 1.165) is 16.0 Å². The van der Waals surface area contributed by atoms with Gasteiger partial charge < -0.3 is 9.84 Å². The molecule has 2 amide bonds. The molecule has 168 valence electrons. The monoisotopic (exact) mass is 487 g/mol. The van der Waals surface area contributed by atoms with E-state index in [1.54, 1.807) is 48.5 Å². The van der Waals surface area contributed by atoms with E-state index >= 15 is 0 Å². The van der Waals surface area contributed by atoms with Crippen molar-refractivity contribution in [1.82, 2.24) is 0 Å². The van der Waals surface area contributed by atoms with Gasteiger partial charge in [0.15, 0.2) is 0 Å². The van der Waals surface area contributed by atoms with Gasteiger partial charge in [-0.3, -0.25) is 4.79 Å². The first-order chi connectivity index (χ1) is 16.5. The number of benzene rings is 3. The Morgan fingerprint density at radius 2 is 1.65 bits per heavy atom. The number of carbonyl (C=O) groups is 2. The summed E-state index contributed by atoms with van der Waals surface area (Å²) in [7, 11) is 0. The molecule has 2 heterocycles. The summed E-state index contributed by atoms with van der Waals surface area (Å²) in [6.07, 6.45) is -0.162. The lowest BCUT2D eigenvalue weighted by atomic mass is 10.0. The number of rotatable bonds is 4. The molecule has 5 nitrogen and oxygen atoms in total. The fourth-order valence-electron chi connectivity index (χ4n) is 3.83. The molecule has 1 aromatic heterocycles. The Morgan fingerprint density at radius 1 is 0.941 bits per heavy atom. The van der Waals surface area contributed by atoms with Crippen LogP contribution in [0.1, 0.15) is 21.6 Å². The van der Waals surface area contributed by atoms with Crippen LogP contribution in [-0.4, -0.2) is 17.1 Å². The van der Waals surface area contributed by atoms with Crippen LogP contribution < -0.4 is 9.64 Å². The average molecular weight is 488 g/mol. The van der Waals surface area contributed by atoms with Gasteiger partial charge in [-0.15, -0.1) is 11.3 Å². The molecule has 0 radical (unpaired) electrons. The Hall–Kier alpha value is -3.87. The number of imide groups is 1. The van der Waals surface area contributed by atoms with Gasteiger partial charge in [0.1, 0.15) is 11.5 Å². The van der Waals surface area contributed by atoms with Gasteiger partial charge >= 0.3 is 6.09 Å². The van der Waals surface area contributed by atoms with Gasteiger partial charge in [-0.05, 0) is 59.3 Å². The second-order valence-electron chi connectivity index (χ2n) is 7.69. The first-order valence-electron chi connectivity index (χ1n) is 10.5. The lowest BCUT2D eigenvalue weighted by Gasteiger charge is -2.14. The number of anilines is 1. The van der Waals surface area contributed by atoms with E-state index in [2.05, 4.69) is 0 Å². The maximum absolute atomic E-state index is 13.4. The molecule has 3 aromatic carbocycles. The number of ether oxygens (including phenoxy) is 1. The van der Waals surface area contributed by atoms with E-state index in [-0.39, 0.29) is 11.3 Å². The molecule has 0 saturated carbocycles. The molecule has 1 aliphatic rings. The molecule has 1 N–H and O–H groups in total. The highest BCUT2D eigenvalue weighted by atomic mass is 35.5. The van der Waals surface area contributed by atoms with Crippen molar-refractivity contribution in [2.24, 2.45) is 0 Å². The fourth-order valence-corrected chi connectivity index (χ4v) is 4.87. The molecular weight excluding hydrogens is 470 g/mol. The van der Waals surface area contributed by atoms with Crippen molar-refractivity contribution in [3.8, 4) is 5.75 Å². The van der Waals surface area contributed by atoms with Crippen LogP contribution in [0.4, 0.5) is 10.5 Å². The molecule has 7 heteroatoms. The van der Waals surface area contributed by atoms with Crippen molar-refractivity contribution < 1.29 is 19.4 Å².